The van der Waals surface area contributed by atoms with Gasteiger partial charge in [0.25, 0.3) is 5.91 Å². The van der Waals surface area contributed by atoms with Crippen molar-refractivity contribution in [1.29, 1.82) is 10.5 Å². The van der Waals surface area contributed by atoms with Gasteiger partial charge in [-0.2, -0.15) is 10.5 Å². The minimum absolute atomic E-state index is 0.129. The summed E-state index contributed by atoms with van der Waals surface area (Å²) in [6.07, 6.45) is 0.259. The molecule has 0 N–H and O–H groups in total. The van der Waals surface area contributed by atoms with E-state index >= 15 is 0 Å². The van der Waals surface area contributed by atoms with Crippen LogP contribution in [0.4, 0.5) is 0 Å². The number of fused-ring (bicyclic) bond motifs is 1. The first kappa shape index (κ1) is 19.9. The first-order valence-electron chi connectivity index (χ1n) is 8.27. The van der Waals surface area contributed by atoms with Crippen LogP contribution >= 0.6 is 0 Å². The van der Waals surface area contributed by atoms with Crippen molar-refractivity contribution >= 4 is 11.9 Å². The summed E-state index contributed by atoms with van der Waals surface area (Å²) in [6.45, 7) is 0.577. The highest BCUT2D eigenvalue weighted by atomic mass is 16.6. The number of esters is 1. The quantitative estimate of drug-likeness (QED) is 0.625. The summed E-state index contributed by atoms with van der Waals surface area (Å²) in [5.74, 6) is -0.0910. The van der Waals surface area contributed by atoms with E-state index in [-0.39, 0.29) is 31.5 Å². The Morgan fingerprint density at radius 1 is 1.15 bits per heavy atom. The molecule has 0 aromatic heterocycles. The first-order chi connectivity index (χ1) is 13.1. The number of rotatable bonds is 8. The fraction of sp³-hybridized carbons (Fsp3) is 0.444. The molecule has 0 spiro atoms. The number of hydrogen-bond acceptors (Lipinski definition) is 8. The van der Waals surface area contributed by atoms with Crippen LogP contribution in [0.25, 0.3) is 0 Å². The molecule has 9 heteroatoms. The Morgan fingerprint density at radius 2 is 1.81 bits per heavy atom. The van der Waals surface area contributed by atoms with E-state index in [1.807, 2.05) is 12.1 Å². The van der Waals surface area contributed by atoms with E-state index in [1.165, 1.54) is 24.1 Å². The number of amides is 1. The predicted molar refractivity (Wildman–Crippen MR) is 91.3 cm³/mol. The molecule has 0 saturated carbocycles. The maximum Gasteiger partial charge on any atom is 0.338 e. The molecule has 1 aromatic rings. The topological polar surface area (TPSA) is 122 Å². The summed E-state index contributed by atoms with van der Waals surface area (Å²) in [4.78, 5) is 25.8. The standard InChI is InChI=1S/C18H19N3O6/c1-24-14-10-13(11-15-17(14)26-9-8-25-15)18(23)27-12-16(22)21(6-2-4-19)7-3-5-20/h10-11H,2-3,6-9,12H2,1H3. The third-order valence-corrected chi connectivity index (χ3v) is 3.73. The minimum atomic E-state index is -0.723. The molecular formula is C18H19N3O6. The molecule has 1 aliphatic rings. The average Bonchev–Trinajstić information content (AvgIpc) is 2.70. The molecule has 0 unspecified atom stereocenters. The van der Waals surface area contributed by atoms with E-state index < -0.39 is 18.5 Å². The fourth-order valence-electron chi connectivity index (χ4n) is 2.42. The summed E-state index contributed by atoms with van der Waals surface area (Å²) in [7, 11) is 1.44. The van der Waals surface area contributed by atoms with Crippen LogP contribution in [0.3, 0.4) is 0 Å². The van der Waals surface area contributed by atoms with Crippen LogP contribution < -0.4 is 14.2 Å². The van der Waals surface area contributed by atoms with E-state index in [1.54, 1.807) is 0 Å². The van der Waals surface area contributed by atoms with Crippen LogP contribution in [-0.4, -0.2) is 56.8 Å². The normalized spacial score (nSPS) is 11.7. The molecule has 0 radical (unpaired) electrons. The van der Waals surface area contributed by atoms with Gasteiger partial charge in [-0.3, -0.25) is 4.79 Å². The summed E-state index contributed by atoms with van der Waals surface area (Å²) >= 11 is 0. The Kier molecular flexibility index (Phi) is 7.26. The van der Waals surface area contributed by atoms with Crippen molar-refractivity contribution in [2.75, 3.05) is 40.0 Å². The third-order valence-electron chi connectivity index (χ3n) is 3.73. The van der Waals surface area contributed by atoms with E-state index in [0.29, 0.717) is 30.5 Å². The number of ether oxygens (including phenoxy) is 4. The molecule has 142 valence electrons. The Labute approximate surface area is 156 Å². The molecule has 0 atom stereocenters. The molecular weight excluding hydrogens is 354 g/mol. The molecule has 27 heavy (non-hydrogen) atoms. The lowest BCUT2D eigenvalue weighted by Crippen LogP contribution is -2.36. The molecule has 0 bridgehead atoms. The second-order valence-corrected chi connectivity index (χ2v) is 5.48. The van der Waals surface area contributed by atoms with Crippen LogP contribution in [0.2, 0.25) is 0 Å². The number of carbonyl (C=O) groups is 2. The summed E-state index contributed by atoms with van der Waals surface area (Å²) in [5.41, 5.74) is 0.157. The van der Waals surface area contributed by atoms with Crippen molar-refractivity contribution in [2.45, 2.75) is 12.8 Å². The smallest absolute Gasteiger partial charge is 0.338 e. The van der Waals surface area contributed by atoms with Gasteiger partial charge in [-0.15, -0.1) is 0 Å². The van der Waals surface area contributed by atoms with Crippen LogP contribution in [-0.2, 0) is 9.53 Å². The second kappa shape index (κ2) is 9.88. The molecule has 0 saturated heterocycles. The van der Waals surface area contributed by atoms with E-state index in [2.05, 4.69) is 0 Å². The number of carbonyl (C=O) groups excluding carboxylic acids is 2. The van der Waals surface area contributed by atoms with E-state index in [4.69, 9.17) is 29.5 Å². The Bertz CT molecular complexity index is 745. The second-order valence-electron chi connectivity index (χ2n) is 5.48. The Morgan fingerprint density at radius 3 is 2.44 bits per heavy atom. The molecule has 0 fully saturated rings. The number of nitrogens with zero attached hydrogens (tertiary/aromatic N) is 3. The highest BCUT2D eigenvalue weighted by Gasteiger charge is 2.22. The van der Waals surface area contributed by atoms with Crippen LogP contribution in [0, 0.1) is 22.7 Å². The zero-order valence-electron chi connectivity index (χ0n) is 14.9. The maximum absolute atomic E-state index is 12.3. The van der Waals surface area contributed by atoms with Gasteiger partial charge in [0.15, 0.2) is 18.1 Å². The average molecular weight is 373 g/mol. The highest BCUT2D eigenvalue weighted by Crippen LogP contribution is 2.40. The number of benzene rings is 1. The van der Waals surface area contributed by atoms with Gasteiger partial charge >= 0.3 is 5.97 Å². The lowest BCUT2D eigenvalue weighted by atomic mass is 10.1. The van der Waals surface area contributed by atoms with Crippen LogP contribution in [0.15, 0.2) is 12.1 Å². The predicted octanol–water partition coefficient (Wildman–Crippen LogP) is 1.28. The lowest BCUT2D eigenvalue weighted by Gasteiger charge is -2.22. The first-order valence-corrected chi connectivity index (χ1v) is 8.27. The molecule has 1 heterocycles. The molecule has 1 amide bonds. The zero-order valence-corrected chi connectivity index (χ0v) is 14.9. The van der Waals surface area contributed by atoms with Crippen LogP contribution in [0.1, 0.15) is 23.2 Å². The molecule has 9 nitrogen and oxygen atoms in total. The summed E-state index contributed by atoms with van der Waals surface area (Å²) in [5, 5.41) is 17.3. The van der Waals surface area contributed by atoms with Crippen molar-refractivity contribution < 1.29 is 28.5 Å². The van der Waals surface area contributed by atoms with Gasteiger partial charge in [0.1, 0.15) is 13.2 Å². The monoisotopic (exact) mass is 373 g/mol. The van der Waals surface area contributed by atoms with Crippen molar-refractivity contribution in [3.8, 4) is 29.4 Å². The Balaban J connectivity index is 2.03. The third kappa shape index (κ3) is 5.25. The Hall–Kier alpha value is -3.46. The van der Waals surface area contributed by atoms with Gasteiger partial charge in [-0.25, -0.2) is 4.79 Å². The van der Waals surface area contributed by atoms with Gasteiger partial charge < -0.3 is 23.8 Å². The molecule has 1 aliphatic heterocycles. The zero-order chi connectivity index (χ0) is 19.6. The minimum Gasteiger partial charge on any atom is -0.493 e. The van der Waals surface area contributed by atoms with Crippen molar-refractivity contribution in [2.24, 2.45) is 0 Å². The molecule has 1 aromatic carbocycles. The van der Waals surface area contributed by atoms with Gasteiger partial charge in [0.05, 0.1) is 37.7 Å². The van der Waals surface area contributed by atoms with Gasteiger partial charge in [-0.05, 0) is 12.1 Å². The van der Waals surface area contributed by atoms with Crippen molar-refractivity contribution in [1.82, 2.24) is 4.90 Å². The lowest BCUT2D eigenvalue weighted by molar-refractivity contribution is -0.134. The molecule has 2 rings (SSSR count). The van der Waals surface area contributed by atoms with Crippen LogP contribution in [0.5, 0.6) is 17.2 Å². The number of nitriles is 2. The maximum atomic E-state index is 12.3. The largest absolute Gasteiger partial charge is 0.493 e. The van der Waals surface area contributed by atoms with Gasteiger partial charge in [0, 0.05) is 13.1 Å². The molecule has 0 aliphatic carbocycles. The van der Waals surface area contributed by atoms with Gasteiger partial charge in [0.2, 0.25) is 5.75 Å². The van der Waals surface area contributed by atoms with E-state index in [9.17, 15) is 9.59 Å². The van der Waals surface area contributed by atoms with Gasteiger partial charge in [-0.1, -0.05) is 0 Å². The number of methoxy groups -OCH3 is 1. The summed E-state index contributed by atoms with van der Waals surface area (Å²) < 4.78 is 21.2. The van der Waals surface area contributed by atoms with Crippen molar-refractivity contribution in [3.05, 3.63) is 17.7 Å². The summed E-state index contributed by atoms with van der Waals surface area (Å²) in [6, 6.07) is 6.79. The van der Waals surface area contributed by atoms with E-state index in [0.717, 1.165) is 0 Å². The highest BCUT2D eigenvalue weighted by molar-refractivity contribution is 5.92. The fourth-order valence-corrected chi connectivity index (χ4v) is 2.42. The number of hydrogen-bond donors (Lipinski definition) is 0. The SMILES string of the molecule is COc1cc(C(=O)OCC(=O)N(CCC#N)CCC#N)cc2c1OCCO2. The van der Waals surface area contributed by atoms with Crippen molar-refractivity contribution in [3.63, 3.8) is 0 Å².